The molecule has 0 saturated heterocycles. The number of aromatic carboxylic acids is 1. The van der Waals surface area contributed by atoms with Gasteiger partial charge in [0.05, 0.1) is 5.69 Å². The molecule has 0 aliphatic heterocycles. The van der Waals surface area contributed by atoms with Crippen molar-refractivity contribution in [3.8, 4) is 0 Å². The van der Waals surface area contributed by atoms with Crippen LogP contribution in [0.3, 0.4) is 0 Å². The van der Waals surface area contributed by atoms with Crippen LogP contribution >= 0.6 is 0 Å². The second-order valence-corrected chi connectivity index (χ2v) is 12.2. The van der Waals surface area contributed by atoms with Crippen LogP contribution in [-0.4, -0.2) is 46.9 Å². The Morgan fingerprint density at radius 3 is 2.16 bits per heavy atom. The summed E-state index contributed by atoms with van der Waals surface area (Å²) in [7, 11) is -1.31. The van der Waals surface area contributed by atoms with Crippen molar-refractivity contribution in [1.29, 1.82) is 0 Å². The number of fused-ring (bicyclic) bond motifs is 1. The van der Waals surface area contributed by atoms with E-state index in [4.69, 9.17) is 0 Å². The predicted molar refractivity (Wildman–Crippen MR) is 127 cm³/mol. The van der Waals surface area contributed by atoms with Crippen molar-refractivity contribution < 1.29 is 18.3 Å². The zero-order valence-corrected chi connectivity index (χ0v) is 21.0. The molecule has 1 aliphatic carbocycles. The molecule has 0 amide bonds. The van der Waals surface area contributed by atoms with E-state index in [0.29, 0.717) is 3.97 Å². The van der Waals surface area contributed by atoms with E-state index in [1.54, 1.807) is 6.08 Å². The molecule has 1 aromatic heterocycles. The maximum absolute atomic E-state index is 12.5. The molecule has 1 aromatic carbocycles. The minimum Gasteiger partial charge on any atom is -0.475 e. The van der Waals surface area contributed by atoms with Crippen LogP contribution in [0.1, 0.15) is 86.0 Å². The summed E-state index contributed by atoms with van der Waals surface area (Å²) in [4.78, 5) is 15.7. The second-order valence-electron chi connectivity index (χ2n) is 10.2. The van der Waals surface area contributed by atoms with Gasteiger partial charge in [0, 0.05) is 20.3 Å². The molecular formula is C24H33N3O4S. The van der Waals surface area contributed by atoms with Crippen LogP contribution < -0.4 is 0 Å². The molecule has 0 saturated carbocycles. The topological polar surface area (TPSA) is 92.5 Å². The molecule has 1 aliphatic rings. The summed E-state index contributed by atoms with van der Waals surface area (Å²) in [6.07, 6.45) is 5.23. The van der Waals surface area contributed by atoms with Gasteiger partial charge in [-0.1, -0.05) is 39.8 Å². The second kappa shape index (κ2) is 7.85. The van der Waals surface area contributed by atoms with Crippen LogP contribution in [-0.2, 0) is 21.0 Å². The number of carbonyl (C=O) groups is 1. The maximum atomic E-state index is 12.5. The van der Waals surface area contributed by atoms with Crippen LogP contribution in [0.25, 0.3) is 11.6 Å². The molecule has 7 nitrogen and oxygen atoms in total. The number of aryl methyl sites for hydroxylation is 1. The van der Waals surface area contributed by atoms with Gasteiger partial charge in [0.2, 0.25) is 5.82 Å². The molecule has 0 unspecified atom stereocenters. The smallest absolute Gasteiger partial charge is 0.373 e. The Kier molecular flexibility index (Phi) is 5.93. The first-order chi connectivity index (χ1) is 14.6. The molecule has 174 valence electrons. The average Bonchev–Trinajstić information content (AvgIpc) is 3.10. The van der Waals surface area contributed by atoms with E-state index in [9.17, 15) is 18.3 Å². The van der Waals surface area contributed by atoms with Gasteiger partial charge < -0.3 is 5.11 Å². The van der Waals surface area contributed by atoms with Gasteiger partial charge in [-0.2, -0.15) is 12.7 Å². The number of hydrogen-bond acceptors (Lipinski definition) is 4. The monoisotopic (exact) mass is 459 g/mol. The largest absolute Gasteiger partial charge is 0.475 e. The number of carboxylic acids is 1. The maximum Gasteiger partial charge on any atom is 0.373 e. The zero-order chi connectivity index (χ0) is 24.2. The highest BCUT2D eigenvalue weighted by atomic mass is 32.2. The fraction of sp³-hybridized carbons (Fsp3) is 0.500. The SMILES string of the molecule is CC(=Cc1cn(S(=O)(=O)N(C)C)c(C(=O)O)n1)c1cc2c(cc1C)C(C)(C)CCC2(C)C. The van der Waals surface area contributed by atoms with Gasteiger partial charge in [-0.05, 0) is 71.4 Å². The van der Waals surface area contributed by atoms with Crippen LogP contribution in [0.4, 0.5) is 0 Å². The summed E-state index contributed by atoms with van der Waals surface area (Å²) in [5.74, 6) is -1.94. The number of benzene rings is 1. The molecule has 1 heterocycles. The van der Waals surface area contributed by atoms with E-state index in [1.807, 2.05) is 6.92 Å². The van der Waals surface area contributed by atoms with Gasteiger partial charge in [0.1, 0.15) is 0 Å². The van der Waals surface area contributed by atoms with Gasteiger partial charge >= 0.3 is 16.2 Å². The molecule has 32 heavy (non-hydrogen) atoms. The number of allylic oxidation sites excluding steroid dienone is 1. The summed E-state index contributed by atoms with van der Waals surface area (Å²) in [5.41, 5.74) is 6.23. The van der Waals surface area contributed by atoms with Crippen molar-refractivity contribution in [3.05, 3.63) is 52.1 Å². The quantitative estimate of drug-likeness (QED) is 0.713. The lowest BCUT2D eigenvalue weighted by Gasteiger charge is -2.42. The number of carboxylic acid groups (broad SMARTS) is 1. The van der Waals surface area contributed by atoms with Gasteiger partial charge in [-0.3, -0.25) is 0 Å². The highest BCUT2D eigenvalue weighted by Crippen LogP contribution is 2.47. The lowest BCUT2D eigenvalue weighted by molar-refractivity contribution is 0.0682. The Morgan fingerprint density at radius 2 is 1.66 bits per heavy atom. The van der Waals surface area contributed by atoms with Gasteiger partial charge in [0.25, 0.3) is 0 Å². The van der Waals surface area contributed by atoms with Crippen molar-refractivity contribution >= 4 is 27.8 Å². The summed E-state index contributed by atoms with van der Waals surface area (Å²) < 4.78 is 26.7. The molecule has 3 rings (SSSR count). The normalized spacial score (nSPS) is 18.0. The summed E-state index contributed by atoms with van der Waals surface area (Å²) in [6, 6.07) is 4.50. The first-order valence-electron chi connectivity index (χ1n) is 10.7. The Hall–Kier alpha value is -2.45. The highest BCUT2D eigenvalue weighted by molar-refractivity contribution is 7.87. The Balaban J connectivity index is 2.14. The molecule has 0 atom stereocenters. The standard InChI is InChI=1S/C24H33N3O4S/c1-15(11-17-14-27(21(25-17)22(28)29)32(30,31)26(7)8)18-13-20-19(12-16(18)2)23(3,4)9-10-24(20,5)6/h11-14H,9-10H2,1-8H3,(H,28,29). The molecule has 2 aromatic rings. The lowest BCUT2D eigenvalue weighted by Crippen LogP contribution is -2.34. The first-order valence-corrected chi connectivity index (χ1v) is 12.1. The third-order valence-electron chi connectivity index (χ3n) is 6.58. The van der Waals surface area contributed by atoms with Crippen molar-refractivity contribution in [3.63, 3.8) is 0 Å². The number of imidazole rings is 1. The Morgan fingerprint density at radius 1 is 1.12 bits per heavy atom. The van der Waals surface area contributed by atoms with E-state index in [2.05, 4.69) is 51.7 Å². The van der Waals surface area contributed by atoms with Crippen molar-refractivity contribution in [2.75, 3.05) is 14.1 Å². The fourth-order valence-corrected chi connectivity index (χ4v) is 5.32. The molecule has 0 spiro atoms. The molecule has 0 bridgehead atoms. The third-order valence-corrected chi connectivity index (χ3v) is 8.28. The minimum atomic E-state index is -4.00. The van der Waals surface area contributed by atoms with E-state index >= 15 is 0 Å². The average molecular weight is 460 g/mol. The Labute approximate surface area is 191 Å². The summed E-state index contributed by atoms with van der Waals surface area (Å²) in [6.45, 7) is 13.1. The number of aromatic nitrogens is 2. The minimum absolute atomic E-state index is 0.0609. The van der Waals surface area contributed by atoms with Crippen LogP contribution in [0.2, 0.25) is 0 Å². The van der Waals surface area contributed by atoms with E-state index in [0.717, 1.165) is 33.8 Å². The van der Waals surface area contributed by atoms with E-state index in [-0.39, 0.29) is 16.5 Å². The van der Waals surface area contributed by atoms with Crippen molar-refractivity contribution in [2.45, 2.75) is 65.2 Å². The number of rotatable bonds is 5. The van der Waals surface area contributed by atoms with Gasteiger partial charge in [-0.15, -0.1) is 0 Å². The van der Waals surface area contributed by atoms with Gasteiger partial charge in [-0.25, -0.2) is 13.8 Å². The third kappa shape index (κ3) is 4.13. The lowest BCUT2D eigenvalue weighted by atomic mass is 9.62. The molecule has 0 fully saturated rings. The zero-order valence-electron chi connectivity index (χ0n) is 20.1. The van der Waals surface area contributed by atoms with Crippen LogP contribution in [0.15, 0.2) is 18.3 Å². The highest BCUT2D eigenvalue weighted by Gasteiger charge is 2.37. The fourth-order valence-electron chi connectivity index (χ4n) is 4.39. The summed E-state index contributed by atoms with van der Waals surface area (Å²) in [5, 5.41) is 9.47. The van der Waals surface area contributed by atoms with Gasteiger partial charge in [0.15, 0.2) is 0 Å². The predicted octanol–water partition coefficient (Wildman–Crippen LogP) is 4.45. The molecule has 1 N–H and O–H groups in total. The number of nitrogens with zero attached hydrogens (tertiary/aromatic N) is 3. The van der Waals surface area contributed by atoms with Crippen molar-refractivity contribution in [2.24, 2.45) is 0 Å². The molecular weight excluding hydrogens is 426 g/mol. The Bertz CT molecular complexity index is 1220. The van der Waals surface area contributed by atoms with Crippen LogP contribution in [0.5, 0.6) is 0 Å². The molecule has 8 heteroatoms. The van der Waals surface area contributed by atoms with Crippen LogP contribution in [0, 0.1) is 6.92 Å². The van der Waals surface area contributed by atoms with E-state index < -0.39 is 22.0 Å². The van der Waals surface area contributed by atoms with Crippen molar-refractivity contribution in [1.82, 2.24) is 13.3 Å². The van der Waals surface area contributed by atoms with E-state index in [1.165, 1.54) is 31.4 Å². The summed E-state index contributed by atoms with van der Waals surface area (Å²) >= 11 is 0. The number of hydrogen-bond donors (Lipinski definition) is 1. The first kappa shape index (κ1) is 24.2. The molecule has 0 radical (unpaired) electrons.